The van der Waals surface area contributed by atoms with Crippen LogP contribution in [0.1, 0.15) is 30.2 Å². The van der Waals surface area contributed by atoms with Crippen LogP contribution in [0.15, 0.2) is 55.1 Å². The molecular formula is C18H18F2N4O. The van der Waals surface area contributed by atoms with Crippen LogP contribution in [0.4, 0.5) is 8.78 Å². The molecule has 25 heavy (non-hydrogen) atoms. The van der Waals surface area contributed by atoms with E-state index in [1.165, 1.54) is 12.4 Å². The van der Waals surface area contributed by atoms with Gasteiger partial charge in [0, 0.05) is 12.6 Å². The fraction of sp³-hybridized carbons (Fsp3) is 0.222. The first kappa shape index (κ1) is 17.2. The van der Waals surface area contributed by atoms with Gasteiger partial charge in [0.1, 0.15) is 24.3 Å². The van der Waals surface area contributed by atoms with Crippen LogP contribution >= 0.6 is 0 Å². The number of hydrogen-bond donors (Lipinski definition) is 2. The van der Waals surface area contributed by atoms with Crippen molar-refractivity contribution < 1.29 is 13.9 Å². The van der Waals surface area contributed by atoms with Gasteiger partial charge in [-0.15, -0.1) is 0 Å². The highest BCUT2D eigenvalue weighted by Crippen LogP contribution is 2.21. The Bertz CT molecular complexity index is 801. The lowest BCUT2D eigenvalue weighted by Crippen LogP contribution is -2.25. The molecule has 2 unspecified atom stereocenters. The first-order valence-electron chi connectivity index (χ1n) is 7.86. The predicted octanol–water partition coefficient (Wildman–Crippen LogP) is 2.93. The van der Waals surface area contributed by atoms with Crippen LogP contribution in [0, 0.1) is 11.6 Å². The monoisotopic (exact) mass is 344 g/mol. The van der Waals surface area contributed by atoms with Gasteiger partial charge in [0.2, 0.25) is 0 Å². The van der Waals surface area contributed by atoms with E-state index in [4.69, 9.17) is 0 Å². The number of aliphatic hydroxyl groups is 1. The summed E-state index contributed by atoms with van der Waals surface area (Å²) in [5, 5.41) is 17.2. The lowest BCUT2D eigenvalue weighted by Gasteiger charge is -2.19. The van der Waals surface area contributed by atoms with E-state index in [0.717, 1.165) is 23.4 Å². The van der Waals surface area contributed by atoms with E-state index < -0.39 is 17.7 Å². The van der Waals surface area contributed by atoms with Crippen LogP contribution in [0.25, 0.3) is 5.69 Å². The van der Waals surface area contributed by atoms with Crippen molar-refractivity contribution in [3.8, 4) is 5.69 Å². The van der Waals surface area contributed by atoms with Crippen LogP contribution in [0.2, 0.25) is 0 Å². The number of aromatic nitrogens is 3. The molecule has 7 heteroatoms. The van der Waals surface area contributed by atoms with Gasteiger partial charge in [-0.05, 0) is 36.8 Å². The van der Waals surface area contributed by atoms with Crippen molar-refractivity contribution in [2.75, 3.05) is 6.54 Å². The topological polar surface area (TPSA) is 63.0 Å². The zero-order chi connectivity index (χ0) is 17.8. The largest absolute Gasteiger partial charge is 0.387 e. The molecule has 3 aromatic rings. The molecule has 1 aromatic heterocycles. The second-order valence-electron chi connectivity index (χ2n) is 5.71. The summed E-state index contributed by atoms with van der Waals surface area (Å²) in [7, 11) is 0. The van der Waals surface area contributed by atoms with Gasteiger partial charge in [-0.1, -0.05) is 18.2 Å². The molecule has 1 heterocycles. The van der Waals surface area contributed by atoms with Crippen molar-refractivity contribution >= 4 is 0 Å². The third-order valence-corrected chi connectivity index (χ3v) is 4.03. The normalized spacial score (nSPS) is 13.6. The van der Waals surface area contributed by atoms with Crippen molar-refractivity contribution in [2.45, 2.75) is 19.1 Å². The fourth-order valence-electron chi connectivity index (χ4n) is 2.59. The Morgan fingerprint density at radius 1 is 1.12 bits per heavy atom. The average molecular weight is 344 g/mol. The Labute approximate surface area is 144 Å². The molecule has 0 bridgehead atoms. The van der Waals surface area contributed by atoms with Crippen molar-refractivity contribution in [1.82, 2.24) is 20.1 Å². The third kappa shape index (κ3) is 3.89. The second-order valence-corrected chi connectivity index (χ2v) is 5.71. The van der Waals surface area contributed by atoms with Crippen LogP contribution < -0.4 is 5.32 Å². The Morgan fingerprint density at radius 2 is 1.80 bits per heavy atom. The Morgan fingerprint density at radius 3 is 2.40 bits per heavy atom. The van der Waals surface area contributed by atoms with Crippen molar-refractivity contribution in [1.29, 1.82) is 0 Å². The van der Waals surface area contributed by atoms with Crippen molar-refractivity contribution in [3.05, 3.63) is 77.9 Å². The van der Waals surface area contributed by atoms with E-state index >= 15 is 0 Å². The predicted molar refractivity (Wildman–Crippen MR) is 89.1 cm³/mol. The van der Waals surface area contributed by atoms with E-state index in [9.17, 15) is 13.9 Å². The first-order valence-corrected chi connectivity index (χ1v) is 7.86. The van der Waals surface area contributed by atoms with Gasteiger partial charge in [0.05, 0.1) is 17.4 Å². The van der Waals surface area contributed by atoms with E-state index in [2.05, 4.69) is 15.4 Å². The van der Waals surface area contributed by atoms with Crippen molar-refractivity contribution in [2.24, 2.45) is 0 Å². The first-order chi connectivity index (χ1) is 12.1. The van der Waals surface area contributed by atoms with E-state index in [1.807, 2.05) is 31.2 Å². The Hall–Kier alpha value is -2.64. The highest BCUT2D eigenvalue weighted by molar-refractivity contribution is 5.34. The molecule has 0 aliphatic carbocycles. The number of rotatable bonds is 6. The van der Waals surface area contributed by atoms with Crippen LogP contribution in [0.5, 0.6) is 0 Å². The summed E-state index contributed by atoms with van der Waals surface area (Å²) in [4.78, 5) is 3.90. The molecule has 3 rings (SSSR count). The summed E-state index contributed by atoms with van der Waals surface area (Å²) >= 11 is 0. The molecule has 0 amide bonds. The van der Waals surface area contributed by atoms with Crippen LogP contribution in [-0.4, -0.2) is 26.4 Å². The van der Waals surface area contributed by atoms with Gasteiger partial charge in [-0.25, -0.2) is 18.4 Å². The molecule has 0 saturated carbocycles. The quantitative estimate of drug-likeness (QED) is 0.722. The molecule has 0 saturated heterocycles. The molecule has 0 fully saturated rings. The Balaban J connectivity index is 1.63. The van der Waals surface area contributed by atoms with Gasteiger partial charge in [-0.3, -0.25) is 0 Å². The average Bonchev–Trinajstić information content (AvgIpc) is 3.14. The summed E-state index contributed by atoms with van der Waals surface area (Å²) in [6.07, 6.45) is 1.80. The highest BCUT2D eigenvalue weighted by Gasteiger charge is 2.18. The summed E-state index contributed by atoms with van der Waals surface area (Å²) in [6.45, 7) is 1.94. The van der Waals surface area contributed by atoms with Crippen LogP contribution in [0.3, 0.4) is 0 Å². The standard InChI is InChI=1S/C18H18F2N4O/c1-12(13-5-7-14(8-6-13)24-11-21-10-23-24)22-9-17(25)18-15(19)3-2-4-16(18)20/h2-8,10-12,17,22,25H,9H2,1H3. The maximum atomic E-state index is 13.7. The molecule has 0 aliphatic heterocycles. The molecule has 0 radical (unpaired) electrons. The summed E-state index contributed by atoms with van der Waals surface area (Å²) < 4.78 is 29.0. The lowest BCUT2D eigenvalue weighted by atomic mass is 10.1. The summed E-state index contributed by atoms with van der Waals surface area (Å²) in [5.74, 6) is -1.50. The number of aliphatic hydroxyl groups excluding tert-OH is 1. The number of nitrogens with zero attached hydrogens (tertiary/aromatic N) is 3. The summed E-state index contributed by atoms with van der Waals surface area (Å²) in [6, 6.07) is 11.1. The maximum absolute atomic E-state index is 13.7. The molecule has 5 nitrogen and oxygen atoms in total. The smallest absolute Gasteiger partial charge is 0.138 e. The number of hydrogen-bond acceptors (Lipinski definition) is 4. The van der Waals surface area contributed by atoms with E-state index in [0.29, 0.717) is 0 Å². The molecular weight excluding hydrogens is 326 g/mol. The van der Waals surface area contributed by atoms with Gasteiger partial charge in [-0.2, -0.15) is 5.10 Å². The van der Waals surface area contributed by atoms with Crippen LogP contribution in [-0.2, 0) is 0 Å². The lowest BCUT2D eigenvalue weighted by molar-refractivity contribution is 0.161. The zero-order valence-corrected chi connectivity index (χ0v) is 13.6. The Kier molecular flexibility index (Phi) is 5.16. The van der Waals surface area contributed by atoms with Gasteiger partial charge in [0.25, 0.3) is 0 Å². The number of halogens is 2. The van der Waals surface area contributed by atoms with Gasteiger partial charge >= 0.3 is 0 Å². The van der Waals surface area contributed by atoms with E-state index in [-0.39, 0.29) is 18.2 Å². The molecule has 0 spiro atoms. The SMILES string of the molecule is CC(NCC(O)c1c(F)cccc1F)c1ccc(-n2cncn2)cc1. The minimum Gasteiger partial charge on any atom is -0.387 e. The zero-order valence-electron chi connectivity index (χ0n) is 13.6. The van der Waals surface area contributed by atoms with Gasteiger partial charge in [0.15, 0.2) is 0 Å². The number of benzene rings is 2. The minimum absolute atomic E-state index is 0.0316. The van der Waals surface area contributed by atoms with Gasteiger partial charge < -0.3 is 10.4 Å². The minimum atomic E-state index is -1.27. The molecule has 130 valence electrons. The molecule has 2 atom stereocenters. The third-order valence-electron chi connectivity index (χ3n) is 4.03. The molecule has 2 N–H and O–H groups in total. The highest BCUT2D eigenvalue weighted by atomic mass is 19.1. The molecule has 2 aromatic carbocycles. The fourth-order valence-corrected chi connectivity index (χ4v) is 2.59. The second kappa shape index (κ2) is 7.50. The number of nitrogens with one attached hydrogen (secondary N) is 1. The van der Waals surface area contributed by atoms with Crippen molar-refractivity contribution in [3.63, 3.8) is 0 Å². The maximum Gasteiger partial charge on any atom is 0.138 e. The van der Waals surface area contributed by atoms with E-state index in [1.54, 1.807) is 11.0 Å². The molecule has 0 aliphatic rings. The summed E-state index contributed by atoms with van der Waals surface area (Å²) in [5.41, 5.74) is 1.54.